The lowest BCUT2D eigenvalue weighted by Crippen LogP contribution is -2.53. The molecule has 1 heterocycles. The van der Waals surface area contributed by atoms with Gasteiger partial charge in [0.1, 0.15) is 0 Å². The first kappa shape index (κ1) is 17.7. The van der Waals surface area contributed by atoms with Gasteiger partial charge in [0, 0.05) is 22.2 Å². The maximum atomic E-state index is 14.3. The lowest BCUT2D eigenvalue weighted by Gasteiger charge is -2.42. The van der Waals surface area contributed by atoms with Gasteiger partial charge in [0.15, 0.2) is 0 Å². The number of alkyl halides is 3. The summed E-state index contributed by atoms with van der Waals surface area (Å²) in [6, 6.07) is 12.2. The molecule has 0 fully saturated rings. The Kier molecular flexibility index (Phi) is 4.06. The van der Waals surface area contributed by atoms with E-state index >= 15 is 0 Å². The van der Waals surface area contributed by atoms with E-state index in [0.717, 1.165) is 12.1 Å². The van der Waals surface area contributed by atoms with Gasteiger partial charge in [-0.1, -0.05) is 36.2 Å². The molecule has 1 aliphatic rings. The number of rotatable bonds is 1. The first-order chi connectivity index (χ1) is 12.3. The number of anilines is 1. The van der Waals surface area contributed by atoms with Crippen LogP contribution in [0.5, 0.6) is 0 Å². The van der Waals surface area contributed by atoms with Gasteiger partial charge < -0.3 is 4.74 Å². The first-order valence-corrected chi connectivity index (χ1v) is 7.49. The molecule has 2 aromatic carbocycles. The molecule has 0 N–H and O–H groups in total. The summed E-state index contributed by atoms with van der Waals surface area (Å²) in [6.07, 6.45) is -1.22. The molecule has 8 heteroatoms. The first-order valence-electron chi connectivity index (χ1n) is 7.12. The SMILES string of the molecule is C#CN1C(=O)OC(c2ccccc2C#N)(C(F)(F)F)c2cc(Cl)ccc21. The molecule has 0 spiro atoms. The second kappa shape index (κ2) is 5.98. The Balaban J connectivity index is 2.48. The maximum absolute atomic E-state index is 14.3. The molecule has 1 aliphatic heterocycles. The number of halogens is 4. The highest BCUT2D eigenvalue weighted by Crippen LogP contribution is 2.54. The van der Waals surface area contributed by atoms with Gasteiger partial charge >= 0.3 is 12.3 Å². The Hall–Kier alpha value is -3.16. The predicted molar refractivity (Wildman–Crippen MR) is 87.2 cm³/mol. The molecule has 130 valence electrons. The number of nitriles is 1. The lowest BCUT2D eigenvalue weighted by atomic mass is 9.81. The highest BCUT2D eigenvalue weighted by Gasteiger charge is 2.65. The third-order valence-corrected chi connectivity index (χ3v) is 4.19. The smallest absolute Gasteiger partial charge is 0.422 e. The largest absolute Gasteiger partial charge is 0.437 e. The summed E-state index contributed by atoms with van der Waals surface area (Å²) in [4.78, 5) is 12.9. The molecule has 1 amide bonds. The van der Waals surface area contributed by atoms with Crippen LogP contribution in [0.25, 0.3) is 0 Å². The van der Waals surface area contributed by atoms with E-state index in [9.17, 15) is 23.2 Å². The zero-order valence-corrected chi connectivity index (χ0v) is 13.6. The van der Waals surface area contributed by atoms with Crippen LogP contribution in [-0.2, 0) is 10.3 Å². The molecule has 4 nitrogen and oxygen atoms in total. The van der Waals surface area contributed by atoms with Gasteiger partial charge in [-0.05, 0) is 24.3 Å². The fourth-order valence-corrected chi connectivity index (χ4v) is 3.06. The van der Waals surface area contributed by atoms with E-state index in [-0.39, 0.29) is 16.3 Å². The van der Waals surface area contributed by atoms with Crippen molar-refractivity contribution in [1.29, 1.82) is 5.26 Å². The van der Waals surface area contributed by atoms with Crippen LogP contribution in [0.15, 0.2) is 42.5 Å². The molecule has 1 unspecified atom stereocenters. The number of nitrogens with zero attached hydrogens (tertiary/aromatic N) is 2. The van der Waals surface area contributed by atoms with E-state index in [1.54, 1.807) is 6.07 Å². The van der Waals surface area contributed by atoms with Gasteiger partial charge in [0.05, 0.1) is 17.3 Å². The van der Waals surface area contributed by atoms with Crippen molar-refractivity contribution >= 4 is 23.4 Å². The predicted octanol–water partition coefficient (Wildman–Crippen LogP) is 4.56. The topological polar surface area (TPSA) is 53.3 Å². The Labute approximate surface area is 151 Å². The molecular weight excluding hydrogens is 369 g/mol. The van der Waals surface area contributed by atoms with E-state index in [2.05, 4.69) is 0 Å². The highest BCUT2D eigenvalue weighted by atomic mass is 35.5. The van der Waals surface area contributed by atoms with Crippen LogP contribution in [0.3, 0.4) is 0 Å². The molecule has 3 rings (SSSR count). The van der Waals surface area contributed by atoms with E-state index in [1.807, 2.05) is 6.04 Å². The number of benzene rings is 2. The second-order valence-electron chi connectivity index (χ2n) is 5.33. The van der Waals surface area contributed by atoms with Crippen LogP contribution < -0.4 is 4.90 Å². The summed E-state index contributed by atoms with van der Waals surface area (Å²) < 4.78 is 47.8. The number of fused-ring (bicyclic) bond motifs is 1. The standard InChI is InChI=1S/C18H8ClF3N2O2/c1-2-24-15-8-7-12(19)9-14(15)17(18(20,21)22,26-16(24)25)13-6-4-3-5-11(13)10-23/h1,3-9H. The molecule has 2 aromatic rings. The summed E-state index contributed by atoms with van der Waals surface area (Å²) in [5, 5.41) is 9.26. The van der Waals surface area contributed by atoms with Crippen molar-refractivity contribution in [1.82, 2.24) is 0 Å². The van der Waals surface area contributed by atoms with Gasteiger partial charge in [-0.15, -0.1) is 0 Å². The monoisotopic (exact) mass is 376 g/mol. The number of hydrogen-bond acceptors (Lipinski definition) is 3. The molecule has 26 heavy (non-hydrogen) atoms. The van der Waals surface area contributed by atoms with Crippen molar-refractivity contribution < 1.29 is 22.7 Å². The van der Waals surface area contributed by atoms with Crippen molar-refractivity contribution in [3.05, 3.63) is 64.2 Å². The molecule has 0 saturated heterocycles. The fraction of sp³-hybridized carbons (Fsp3) is 0.111. The number of hydrogen-bond donors (Lipinski definition) is 0. The Morgan fingerprint density at radius 3 is 2.50 bits per heavy atom. The third-order valence-electron chi connectivity index (χ3n) is 3.96. The van der Waals surface area contributed by atoms with Crippen molar-refractivity contribution in [2.75, 3.05) is 4.90 Å². The minimum absolute atomic E-state index is 0.0123. The fourth-order valence-electron chi connectivity index (χ4n) is 2.89. The van der Waals surface area contributed by atoms with Gasteiger partial charge in [-0.2, -0.15) is 18.4 Å². The summed E-state index contributed by atoms with van der Waals surface area (Å²) in [5.74, 6) is 0. The van der Waals surface area contributed by atoms with Gasteiger partial charge in [0.25, 0.3) is 5.60 Å². The van der Waals surface area contributed by atoms with E-state index in [1.165, 1.54) is 30.3 Å². The molecule has 0 radical (unpaired) electrons. The second-order valence-corrected chi connectivity index (χ2v) is 5.77. The Morgan fingerprint density at radius 2 is 1.88 bits per heavy atom. The number of ether oxygens (including phenoxy) is 1. The van der Waals surface area contributed by atoms with Crippen LogP contribution in [0.1, 0.15) is 16.7 Å². The Morgan fingerprint density at radius 1 is 1.19 bits per heavy atom. The number of carbonyl (C=O) groups is 1. The zero-order chi connectivity index (χ0) is 19.1. The molecule has 1 atom stereocenters. The quantitative estimate of drug-likeness (QED) is 0.685. The Bertz CT molecular complexity index is 991. The van der Waals surface area contributed by atoms with Gasteiger partial charge in [0.2, 0.25) is 0 Å². The normalized spacial score (nSPS) is 19.2. The van der Waals surface area contributed by atoms with Crippen molar-refractivity contribution in [2.45, 2.75) is 11.8 Å². The summed E-state index contributed by atoms with van der Waals surface area (Å²) in [7, 11) is 0. The molecule has 0 aromatic heterocycles. The van der Waals surface area contributed by atoms with Crippen LogP contribution >= 0.6 is 11.6 Å². The molecule has 0 aliphatic carbocycles. The van der Waals surface area contributed by atoms with Gasteiger partial charge in [-0.25, -0.2) is 9.69 Å². The minimum Gasteiger partial charge on any atom is -0.422 e. The minimum atomic E-state index is -5.09. The van der Waals surface area contributed by atoms with Crippen LogP contribution in [-0.4, -0.2) is 12.3 Å². The van der Waals surface area contributed by atoms with Crippen LogP contribution in [0.4, 0.5) is 23.7 Å². The van der Waals surface area contributed by atoms with Crippen LogP contribution in [0, 0.1) is 23.8 Å². The highest BCUT2D eigenvalue weighted by molar-refractivity contribution is 6.30. The number of amides is 1. The number of carbonyl (C=O) groups excluding carboxylic acids is 1. The van der Waals surface area contributed by atoms with Crippen LogP contribution in [0.2, 0.25) is 5.02 Å². The average molecular weight is 377 g/mol. The summed E-state index contributed by atoms with van der Waals surface area (Å²) in [6.45, 7) is 0. The van der Waals surface area contributed by atoms with Gasteiger partial charge in [-0.3, -0.25) is 0 Å². The lowest BCUT2D eigenvalue weighted by molar-refractivity contribution is -0.247. The molecule has 0 bridgehead atoms. The maximum Gasteiger partial charge on any atom is 0.437 e. The van der Waals surface area contributed by atoms with E-state index < -0.39 is 29.0 Å². The zero-order valence-electron chi connectivity index (χ0n) is 12.8. The average Bonchev–Trinajstić information content (AvgIpc) is 2.60. The third kappa shape index (κ3) is 2.37. The summed E-state index contributed by atoms with van der Waals surface area (Å²) >= 11 is 5.90. The van der Waals surface area contributed by atoms with E-state index in [4.69, 9.17) is 22.8 Å². The number of cyclic esters (lactones) is 1. The number of terminal acetylenes is 1. The summed E-state index contributed by atoms with van der Waals surface area (Å²) in [5.41, 5.74) is -4.71. The van der Waals surface area contributed by atoms with Crippen molar-refractivity contribution in [2.24, 2.45) is 0 Å². The van der Waals surface area contributed by atoms with Crippen molar-refractivity contribution in [3.63, 3.8) is 0 Å². The molecular formula is C18H8ClF3N2O2. The molecule has 0 saturated carbocycles. The van der Waals surface area contributed by atoms with Crippen molar-refractivity contribution in [3.8, 4) is 18.5 Å². The van der Waals surface area contributed by atoms with E-state index in [0.29, 0.717) is 4.90 Å².